The van der Waals surface area contributed by atoms with Crippen LogP contribution < -0.4 is 4.90 Å². The van der Waals surface area contributed by atoms with Crippen LogP contribution in [0.4, 0.5) is 15.8 Å². The summed E-state index contributed by atoms with van der Waals surface area (Å²) in [7, 11) is 0. The summed E-state index contributed by atoms with van der Waals surface area (Å²) < 4.78 is 14.2. The van der Waals surface area contributed by atoms with Crippen LogP contribution in [0.1, 0.15) is 30.5 Å². The van der Waals surface area contributed by atoms with E-state index in [1.165, 1.54) is 29.0 Å². The van der Waals surface area contributed by atoms with Crippen molar-refractivity contribution >= 4 is 40.3 Å². The minimum Gasteiger partial charge on any atom is -0.268 e. The maximum Gasteiger partial charge on any atom is 0.271 e. The van der Waals surface area contributed by atoms with Gasteiger partial charge in [-0.1, -0.05) is 56.3 Å². The van der Waals surface area contributed by atoms with E-state index >= 15 is 0 Å². The molecule has 0 aliphatic carbocycles. The van der Waals surface area contributed by atoms with Gasteiger partial charge in [-0.3, -0.25) is 9.69 Å². The van der Waals surface area contributed by atoms with Gasteiger partial charge < -0.3 is 0 Å². The van der Waals surface area contributed by atoms with Crippen molar-refractivity contribution in [3.05, 3.63) is 100 Å². The number of benzene rings is 3. The van der Waals surface area contributed by atoms with E-state index in [1.54, 1.807) is 29.2 Å². The Labute approximate surface area is 186 Å². The minimum atomic E-state index is -0.359. The number of aliphatic imine (C=N–C) groups is 1. The molecule has 1 aliphatic rings. The second kappa shape index (κ2) is 9.31. The number of amides is 1. The van der Waals surface area contributed by atoms with E-state index < -0.39 is 0 Å². The molecule has 3 aromatic carbocycles. The summed E-state index contributed by atoms with van der Waals surface area (Å²) in [6, 6.07) is 22.3. The van der Waals surface area contributed by atoms with E-state index in [9.17, 15) is 9.18 Å². The van der Waals surface area contributed by atoms with Crippen molar-refractivity contribution in [1.82, 2.24) is 0 Å². The van der Waals surface area contributed by atoms with E-state index in [0.717, 1.165) is 24.2 Å². The molecule has 1 heterocycles. The Kier molecular flexibility index (Phi) is 6.33. The van der Waals surface area contributed by atoms with Crippen LogP contribution in [0.15, 0.2) is 82.7 Å². The third-order valence-corrected chi connectivity index (χ3v) is 6.14. The molecule has 0 N–H and O–H groups in total. The van der Waals surface area contributed by atoms with E-state index in [0.29, 0.717) is 15.6 Å². The van der Waals surface area contributed by atoms with Crippen molar-refractivity contribution in [2.24, 2.45) is 4.99 Å². The first kappa shape index (κ1) is 21.1. The Balaban J connectivity index is 1.76. The van der Waals surface area contributed by atoms with Crippen molar-refractivity contribution in [2.45, 2.75) is 26.7 Å². The lowest BCUT2D eigenvalue weighted by atomic mass is 10.1. The molecule has 4 rings (SSSR count). The molecule has 31 heavy (non-hydrogen) atoms. The van der Waals surface area contributed by atoms with Crippen LogP contribution in [-0.4, -0.2) is 11.1 Å². The summed E-state index contributed by atoms with van der Waals surface area (Å²) in [6.07, 6.45) is 3.47. The van der Waals surface area contributed by atoms with Crippen molar-refractivity contribution in [1.29, 1.82) is 0 Å². The van der Waals surface area contributed by atoms with Gasteiger partial charge in [-0.15, -0.1) is 0 Å². The highest BCUT2D eigenvalue weighted by Crippen LogP contribution is 2.37. The fourth-order valence-electron chi connectivity index (χ4n) is 3.31. The van der Waals surface area contributed by atoms with Crippen molar-refractivity contribution < 1.29 is 9.18 Å². The number of amidine groups is 1. The summed E-state index contributed by atoms with van der Waals surface area (Å²) in [5, 5.41) is 0.557. The lowest BCUT2D eigenvalue weighted by Crippen LogP contribution is -2.28. The van der Waals surface area contributed by atoms with Crippen LogP contribution in [0.25, 0.3) is 6.08 Å². The van der Waals surface area contributed by atoms with Gasteiger partial charge in [0.25, 0.3) is 5.91 Å². The maximum absolute atomic E-state index is 14.2. The van der Waals surface area contributed by atoms with E-state index in [-0.39, 0.29) is 11.7 Å². The lowest BCUT2D eigenvalue weighted by molar-refractivity contribution is -0.113. The molecular weight excluding hydrogens is 407 g/mol. The summed E-state index contributed by atoms with van der Waals surface area (Å²) in [5.74, 6) is -0.566. The van der Waals surface area contributed by atoms with Gasteiger partial charge in [-0.05, 0) is 72.1 Å². The maximum atomic E-state index is 14.2. The number of hydrogen-bond donors (Lipinski definition) is 0. The predicted octanol–water partition coefficient (Wildman–Crippen LogP) is 6.76. The smallest absolute Gasteiger partial charge is 0.268 e. The quantitative estimate of drug-likeness (QED) is 0.419. The van der Waals surface area contributed by atoms with Gasteiger partial charge >= 0.3 is 0 Å². The predicted molar refractivity (Wildman–Crippen MR) is 128 cm³/mol. The first-order valence-corrected chi connectivity index (χ1v) is 11.2. The fraction of sp³-hybridized carbons (Fsp3) is 0.154. The van der Waals surface area contributed by atoms with Crippen LogP contribution in [0.5, 0.6) is 0 Å². The van der Waals surface area contributed by atoms with Crippen LogP contribution >= 0.6 is 11.8 Å². The summed E-state index contributed by atoms with van der Waals surface area (Å²) >= 11 is 1.26. The molecule has 3 aromatic rings. The molecule has 5 heteroatoms. The zero-order valence-corrected chi connectivity index (χ0v) is 18.3. The second-order valence-electron chi connectivity index (χ2n) is 7.21. The van der Waals surface area contributed by atoms with Crippen LogP contribution in [0.2, 0.25) is 0 Å². The molecule has 0 atom stereocenters. The average molecular weight is 431 g/mol. The van der Waals surface area contributed by atoms with E-state index in [1.807, 2.05) is 48.5 Å². The van der Waals surface area contributed by atoms with Crippen molar-refractivity contribution in [3.8, 4) is 0 Å². The highest BCUT2D eigenvalue weighted by Gasteiger charge is 2.35. The summed E-state index contributed by atoms with van der Waals surface area (Å²) in [5.41, 5.74) is 4.32. The van der Waals surface area contributed by atoms with Crippen LogP contribution in [0.3, 0.4) is 0 Å². The molecule has 156 valence electrons. The Morgan fingerprint density at radius 3 is 2.13 bits per heavy atom. The van der Waals surface area contributed by atoms with Gasteiger partial charge in [0.2, 0.25) is 0 Å². The van der Waals surface area contributed by atoms with Crippen LogP contribution in [-0.2, 0) is 17.6 Å². The Bertz CT molecular complexity index is 1150. The van der Waals surface area contributed by atoms with E-state index in [2.05, 4.69) is 13.8 Å². The third-order valence-electron chi connectivity index (χ3n) is 5.17. The van der Waals surface area contributed by atoms with Crippen molar-refractivity contribution in [2.75, 3.05) is 4.90 Å². The first-order chi connectivity index (χ1) is 15.1. The number of aryl methyl sites for hydroxylation is 2. The number of thioether (sulfide) groups is 1. The molecule has 0 spiro atoms. The molecule has 1 amide bonds. The number of anilines is 1. The highest BCUT2D eigenvalue weighted by molar-refractivity contribution is 8.19. The monoisotopic (exact) mass is 430 g/mol. The number of hydrogen-bond acceptors (Lipinski definition) is 3. The fourth-order valence-corrected chi connectivity index (χ4v) is 4.30. The number of nitrogens with zero attached hydrogens (tertiary/aromatic N) is 2. The standard InChI is InChI=1S/C26H23FN2OS/c1-3-18-9-13-21(14-10-18)28-26-29(22-15-11-19(4-2)12-16-22)25(30)24(31-26)17-20-7-5-6-8-23(20)27/h5-17H,3-4H2,1-2H3. The van der Waals surface area contributed by atoms with Crippen LogP contribution in [0, 0.1) is 5.82 Å². The van der Waals surface area contributed by atoms with Gasteiger partial charge in [0.05, 0.1) is 16.3 Å². The normalized spacial score (nSPS) is 16.5. The van der Waals surface area contributed by atoms with Gasteiger partial charge in [0.1, 0.15) is 5.82 Å². The first-order valence-electron chi connectivity index (χ1n) is 10.3. The largest absolute Gasteiger partial charge is 0.271 e. The van der Waals surface area contributed by atoms with Crippen molar-refractivity contribution in [3.63, 3.8) is 0 Å². The molecule has 0 bridgehead atoms. The molecule has 0 unspecified atom stereocenters. The van der Waals surface area contributed by atoms with Gasteiger partial charge in [-0.25, -0.2) is 9.38 Å². The topological polar surface area (TPSA) is 32.7 Å². The Morgan fingerprint density at radius 1 is 0.903 bits per heavy atom. The molecule has 3 nitrogen and oxygen atoms in total. The molecule has 0 radical (unpaired) electrons. The number of carbonyl (C=O) groups excluding carboxylic acids is 1. The lowest BCUT2D eigenvalue weighted by Gasteiger charge is -2.16. The Morgan fingerprint density at radius 2 is 1.52 bits per heavy atom. The summed E-state index contributed by atoms with van der Waals surface area (Å²) in [4.78, 5) is 20.1. The van der Waals surface area contributed by atoms with Gasteiger partial charge in [0.15, 0.2) is 5.17 Å². The molecule has 0 aromatic heterocycles. The molecule has 1 fully saturated rings. The number of rotatable bonds is 5. The second-order valence-corrected chi connectivity index (χ2v) is 8.22. The number of halogens is 1. The van der Waals surface area contributed by atoms with E-state index in [4.69, 9.17) is 4.99 Å². The zero-order valence-electron chi connectivity index (χ0n) is 17.5. The van der Waals surface area contributed by atoms with Gasteiger partial charge in [-0.2, -0.15) is 0 Å². The molecule has 1 saturated heterocycles. The summed E-state index contributed by atoms with van der Waals surface area (Å²) in [6.45, 7) is 4.20. The molecular formula is C26H23FN2OS. The molecule has 0 saturated carbocycles. The average Bonchev–Trinajstić information content (AvgIpc) is 3.10. The highest BCUT2D eigenvalue weighted by atomic mass is 32.2. The Hall–Kier alpha value is -3.18. The number of carbonyl (C=O) groups is 1. The zero-order chi connectivity index (χ0) is 21.8. The van der Waals surface area contributed by atoms with Gasteiger partial charge in [0, 0.05) is 5.56 Å². The third kappa shape index (κ3) is 4.62. The SMILES string of the molecule is CCc1ccc(N=C2SC(=Cc3ccccc3F)C(=O)N2c2ccc(CC)cc2)cc1. The molecule has 1 aliphatic heterocycles. The minimum absolute atomic E-state index is 0.207.